The quantitative estimate of drug-likeness (QED) is 0.447. The van der Waals surface area contributed by atoms with Gasteiger partial charge in [0.15, 0.2) is 9.84 Å². The van der Waals surface area contributed by atoms with Crippen LogP contribution in [-0.4, -0.2) is 37.8 Å². The van der Waals surface area contributed by atoms with Crippen LogP contribution in [0.1, 0.15) is 60.0 Å². The van der Waals surface area contributed by atoms with Crippen LogP contribution in [0.15, 0.2) is 24.3 Å². The molecule has 2 N–H and O–H groups in total. The molecule has 0 radical (unpaired) electrons. The van der Waals surface area contributed by atoms with Crippen LogP contribution in [0.2, 0.25) is 10.0 Å². The number of anilines is 1. The molecule has 1 aromatic carbocycles. The Labute approximate surface area is 226 Å². The zero-order valence-corrected chi connectivity index (χ0v) is 23.6. The van der Waals surface area contributed by atoms with Crippen LogP contribution < -0.4 is 10.6 Å². The van der Waals surface area contributed by atoms with Crippen LogP contribution in [0.3, 0.4) is 0 Å². The lowest BCUT2D eigenvalue weighted by atomic mass is 9.72. The van der Waals surface area contributed by atoms with E-state index in [1.165, 1.54) is 17.4 Å². The first-order chi connectivity index (χ1) is 16.8. The van der Waals surface area contributed by atoms with Crippen molar-refractivity contribution in [1.29, 1.82) is 0 Å². The topological polar surface area (TPSA) is 92.3 Å². The summed E-state index contributed by atoms with van der Waals surface area (Å²) in [5, 5.41) is 7.21. The third-order valence-electron chi connectivity index (χ3n) is 6.90. The molecule has 6 nitrogen and oxygen atoms in total. The molecule has 0 bridgehead atoms. The minimum Gasteiger partial charge on any atom is -0.348 e. The van der Waals surface area contributed by atoms with Gasteiger partial charge in [-0.2, -0.15) is 0 Å². The van der Waals surface area contributed by atoms with Gasteiger partial charge in [0.2, 0.25) is 5.91 Å². The van der Waals surface area contributed by atoms with E-state index in [1.807, 2.05) is 0 Å². The van der Waals surface area contributed by atoms with E-state index in [9.17, 15) is 18.0 Å². The largest absolute Gasteiger partial charge is 0.348 e. The smallest absolute Gasteiger partial charge is 0.254 e. The van der Waals surface area contributed by atoms with Gasteiger partial charge in [-0.15, -0.1) is 11.3 Å². The van der Waals surface area contributed by atoms with E-state index in [0.717, 1.165) is 29.7 Å². The molecule has 1 aliphatic heterocycles. The molecule has 194 valence electrons. The summed E-state index contributed by atoms with van der Waals surface area (Å²) in [7, 11) is -3.13. The summed E-state index contributed by atoms with van der Waals surface area (Å²) in [6.45, 7) is 6.67. The van der Waals surface area contributed by atoms with Crippen molar-refractivity contribution in [3.05, 3.63) is 55.9 Å². The molecule has 2 aromatic rings. The van der Waals surface area contributed by atoms with E-state index in [-0.39, 0.29) is 28.7 Å². The standard InChI is InChI=1S/C26H30Cl2N2O4S2/c1-26(2,3)16-6-8-19-21(12-16)35-25(23(19)24(32)29-18-10-11-36(33,34)14-18)30-22(31)9-5-15-4-7-17(27)13-20(15)28/h4-5,7,9,13,16,18H,6,8,10-12,14H2,1-3H3,(H,29,32)(H,30,31)/b9-5+. The zero-order valence-electron chi connectivity index (χ0n) is 20.5. The molecule has 1 aromatic heterocycles. The van der Waals surface area contributed by atoms with Gasteiger partial charge < -0.3 is 10.6 Å². The zero-order chi connectivity index (χ0) is 26.3. The molecule has 1 aliphatic carbocycles. The number of fused-ring (bicyclic) bond motifs is 1. The lowest BCUT2D eigenvalue weighted by Crippen LogP contribution is -2.36. The van der Waals surface area contributed by atoms with Crippen LogP contribution in [0.5, 0.6) is 0 Å². The summed E-state index contributed by atoms with van der Waals surface area (Å²) >= 11 is 13.6. The van der Waals surface area contributed by atoms with Crippen molar-refractivity contribution in [2.75, 3.05) is 16.8 Å². The molecule has 0 saturated carbocycles. The minimum atomic E-state index is -3.13. The SMILES string of the molecule is CC(C)(C)C1CCc2c(sc(NC(=O)/C=C/c3ccc(Cl)cc3Cl)c2C(=O)NC2CCS(=O)(=O)C2)C1. The fraction of sp³-hybridized carbons (Fsp3) is 0.462. The van der Waals surface area contributed by atoms with Crippen molar-refractivity contribution in [2.45, 2.75) is 52.5 Å². The number of nitrogens with one attached hydrogen (secondary N) is 2. The predicted octanol–water partition coefficient (Wildman–Crippen LogP) is 5.77. The molecule has 1 fully saturated rings. The second kappa shape index (κ2) is 10.5. The Morgan fingerprint density at radius 2 is 1.92 bits per heavy atom. The van der Waals surface area contributed by atoms with Gasteiger partial charge in [0.05, 0.1) is 17.1 Å². The van der Waals surface area contributed by atoms with Gasteiger partial charge in [0.25, 0.3) is 5.91 Å². The van der Waals surface area contributed by atoms with E-state index in [1.54, 1.807) is 24.3 Å². The average molecular weight is 570 g/mol. The Hall–Kier alpha value is -1.87. The average Bonchev–Trinajstić information content (AvgIpc) is 3.30. The first kappa shape index (κ1) is 27.2. The first-order valence-corrected chi connectivity index (χ1v) is 15.3. The number of carbonyl (C=O) groups is 2. The third kappa shape index (κ3) is 6.33. The number of amides is 2. The number of benzene rings is 1. The molecular weight excluding hydrogens is 539 g/mol. The monoisotopic (exact) mass is 568 g/mol. The van der Waals surface area contributed by atoms with Crippen molar-refractivity contribution >= 4 is 67.3 Å². The van der Waals surface area contributed by atoms with E-state index in [0.29, 0.717) is 38.5 Å². The lowest BCUT2D eigenvalue weighted by Gasteiger charge is -2.33. The number of hydrogen-bond acceptors (Lipinski definition) is 5. The number of hydrogen-bond donors (Lipinski definition) is 2. The Balaban J connectivity index is 1.59. The Morgan fingerprint density at radius 3 is 2.56 bits per heavy atom. The number of sulfone groups is 1. The maximum atomic E-state index is 13.4. The van der Waals surface area contributed by atoms with Gasteiger partial charge in [0.1, 0.15) is 5.00 Å². The molecule has 0 spiro atoms. The predicted molar refractivity (Wildman–Crippen MR) is 148 cm³/mol. The maximum absolute atomic E-state index is 13.4. The molecule has 2 unspecified atom stereocenters. The number of rotatable bonds is 5. The van der Waals surface area contributed by atoms with Gasteiger partial charge in [-0.1, -0.05) is 50.0 Å². The number of carbonyl (C=O) groups excluding carboxylic acids is 2. The normalized spacial score (nSPS) is 21.4. The van der Waals surface area contributed by atoms with Crippen molar-refractivity contribution in [3.8, 4) is 0 Å². The number of halogens is 2. The Kier molecular flexibility index (Phi) is 7.91. The Bertz CT molecular complexity index is 1330. The number of thiophene rings is 1. The first-order valence-electron chi connectivity index (χ1n) is 11.9. The highest BCUT2D eigenvalue weighted by Crippen LogP contribution is 2.44. The van der Waals surface area contributed by atoms with E-state index >= 15 is 0 Å². The van der Waals surface area contributed by atoms with Gasteiger partial charge >= 0.3 is 0 Å². The van der Waals surface area contributed by atoms with Crippen molar-refractivity contribution in [1.82, 2.24) is 5.32 Å². The Morgan fingerprint density at radius 1 is 1.17 bits per heavy atom. The maximum Gasteiger partial charge on any atom is 0.254 e. The summed E-state index contributed by atoms with van der Waals surface area (Å²) < 4.78 is 23.8. The van der Waals surface area contributed by atoms with Gasteiger partial charge in [0, 0.05) is 27.0 Å². The fourth-order valence-corrected chi connectivity index (χ4v) is 8.25. The fourth-order valence-electron chi connectivity index (χ4n) is 4.78. The minimum absolute atomic E-state index is 0.0521. The lowest BCUT2D eigenvalue weighted by molar-refractivity contribution is -0.111. The summed E-state index contributed by atoms with van der Waals surface area (Å²) in [5.41, 5.74) is 2.19. The van der Waals surface area contributed by atoms with Crippen molar-refractivity contribution < 1.29 is 18.0 Å². The van der Waals surface area contributed by atoms with Gasteiger partial charge in [-0.05, 0) is 66.4 Å². The third-order valence-corrected chi connectivity index (χ3v) is 10.4. The molecule has 36 heavy (non-hydrogen) atoms. The molecule has 2 amide bonds. The molecule has 1 saturated heterocycles. The summed E-state index contributed by atoms with van der Waals surface area (Å²) in [6.07, 6.45) is 5.91. The van der Waals surface area contributed by atoms with Gasteiger partial charge in [-0.3, -0.25) is 9.59 Å². The highest BCUT2D eigenvalue weighted by molar-refractivity contribution is 7.91. The molecule has 2 atom stereocenters. The summed E-state index contributed by atoms with van der Waals surface area (Å²) in [4.78, 5) is 27.3. The van der Waals surface area contributed by atoms with Crippen LogP contribution >= 0.6 is 34.5 Å². The van der Waals surface area contributed by atoms with E-state index in [2.05, 4.69) is 31.4 Å². The van der Waals surface area contributed by atoms with Crippen LogP contribution in [0.25, 0.3) is 6.08 Å². The van der Waals surface area contributed by atoms with Crippen LogP contribution in [-0.2, 0) is 27.5 Å². The molecular formula is C26H30Cl2N2O4S2. The molecule has 2 aliphatic rings. The van der Waals surface area contributed by atoms with E-state index < -0.39 is 15.9 Å². The summed E-state index contributed by atoms with van der Waals surface area (Å²) in [5.74, 6) is -0.221. The second-order valence-corrected chi connectivity index (χ2v) is 14.8. The second-order valence-electron chi connectivity index (χ2n) is 10.6. The van der Waals surface area contributed by atoms with Gasteiger partial charge in [-0.25, -0.2) is 8.42 Å². The molecule has 10 heteroatoms. The highest BCUT2D eigenvalue weighted by atomic mass is 35.5. The van der Waals surface area contributed by atoms with Crippen LogP contribution in [0.4, 0.5) is 5.00 Å². The van der Waals surface area contributed by atoms with E-state index in [4.69, 9.17) is 23.2 Å². The van der Waals surface area contributed by atoms with Crippen molar-refractivity contribution in [3.63, 3.8) is 0 Å². The summed E-state index contributed by atoms with van der Waals surface area (Å²) in [6, 6.07) is 4.60. The molecule has 2 heterocycles. The van der Waals surface area contributed by atoms with Crippen molar-refractivity contribution in [2.24, 2.45) is 11.3 Å². The van der Waals surface area contributed by atoms with Crippen LogP contribution in [0, 0.1) is 11.3 Å². The molecule has 4 rings (SSSR count). The highest BCUT2D eigenvalue weighted by Gasteiger charge is 2.35.